The van der Waals surface area contributed by atoms with E-state index in [1.165, 1.54) is 24.3 Å². The van der Waals surface area contributed by atoms with Crippen molar-refractivity contribution < 1.29 is 27.1 Å². The molecular weight excluding hydrogens is 456 g/mol. The fourth-order valence-electron chi connectivity index (χ4n) is 2.53. The molecule has 0 aliphatic heterocycles. The highest BCUT2D eigenvalue weighted by Gasteiger charge is 2.31. The van der Waals surface area contributed by atoms with Crippen molar-refractivity contribution in [3.8, 4) is 23.1 Å². The standard InChI is InChI=1S/C21H11Cl2F3N2O3/c22-16-2-1-3-17(23)19(16)18-9-8-15(30-18)10-12(11-27)20(29)28-13-4-6-14(7-5-13)31-21(24,25)26/h1-10H,(H,28,29)/b12-10+. The summed E-state index contributed by atoms with van der Waals surface area (Å²) in [6.45, 7) is 0. The molecule has 10 heteroatoms. The zero-order valence-electron chi connectivity index (χ0n) is 15.3. The highest BCUT2D eigenvalue weighted by atomic mass is 35.5. The molecule has 5 nitrogen and oxygen atoms in total. The average Bonchev–Trinajstić information content (AvgIpc) is 3.14. The van der Waals surface area contributed by atoms with Gasteiger partial charge in [-0.25, -0.2) is 0 Å². The number of benzene rings is 2. The van der Waals surface area contributed by atoms with E-state index in [-0.39, 0.29) is 17.0 Å². The van der Waals surface area contributed by atoms with Crippen LogP contribution in [-0.4, -0.2) is 12.3 Å². The van der Waals surface area contributed by atoms with Gasteiger partial charge < -0.3 is 14.5 Å². The molecular formula is C21H11Cl2F3N2O3. The predicted octanol–water partition coefficient (Wildman–Crippen LogP) is 6.70. The van der Waals surface area contributed by atoms with E-state index in [0.29, 0.717) is 21.4 Å². The van der Waals surface area contributed by atoms with Crippen LogP contribution in [0.4, 0.5) is 18.9 Å². The van der Waals surface area contributed by atoms with Gasteiger partial charge >= 0.3 is 6.36 Å². The lowest BCUT2D eigenvalue weighted by molar-refractivity contribution is -0.274. The summed E-state index contributed by atoms with van der Waals surface area (Å²) in [4.78, 5) is 12.3. The zero-order chi connectivity index (χ0) is 22.6. The highest BCUT2D eigenvalue weighted by molar-refractivity contribution is 6.39. The molecule has 2 aromatic carbocycles. The summed E-state index contributed by atoms with van der Waals surface area (Å²) in [6.07, 6.45) is -3.61. The molecule has 1 aromatic heterocycles. The van der Waals surface area contributed by atoms with E-state index >= 15 is 0 Å². The third kappa shape index (κ3) is 5.81. The van der Waals surface area contributed by atoms with Crippen LogP contribution in [0.15, 0.2) is 64.6 Å². The number of hydrogen-bond donors (Lipinski definition) is 1. The Morgan fingerprint density at radius 2 is 1.71 bits per heavy atom. The Balaban J connectivity index is 1.76. The first-order valence-electron chi connectivity index (χ1n) is 8.49. The molecule has 1 heterocycles. The van der Waals surface area contributed by atoms with E-state index in [9.17, 15) is 23.2 Å². The van der Waals surface area contributed by atoms with Gasteiger partial charge in [-0.2, -0.15) is 5.26 Å². The second-order valence-electron chi connectivity index (χ2n) is 5.99. The van der Waals surface area contributed by atoms with E-state index in [1.807, 2.05) is 0 Å². The van der Waals surface area contributed by atoms with E-state index in [0.717, 1.165) is 12.1 Å². The van der Waals surface area contributed by atoms with Crippen LogP contribution in [0.25, 0.3) is 17.4 Å². The van der Waals surface area contributed by atoms with Crippen molar-refractivity contribution in [3.05, 3.63) is 76.0 Å². The zero-order valence-corrected chi connectivity index (χ0v) is 16.8. The normalized spacial score (nSPS) is 11.7. The molecule has 0 saturated carbocycles. The van der Waals surface area contributed by atoms with Crippen LogP contribution >= 0.6 is 23.2 Å². The van der Waals surface area contributed by atoms with Gasteiger partial charge in [0, 0.05) is 11.8 Å². The summed E-state index contributed by atoms with van der Waals surface area (Å²) >= 11 is 12.3. The van der Waals surface area contributed by atoms with Gasteiger partial charge in [-0.3, -0.25) is 4.79 Å². The summed E-state index contributed by atoms with van der Waals surface area (Å²) in [5.74, 6) is -0.671. The number of rotatable bonds is 5. The fraction of sp³-hybridized carbons (Fsp3) is 0.0476. The maximum absolute atomic E-state index is 12.3. The topological polar surface area (TPSA) is 75.3 Å². The molecule has 1 N–H and O–H groups in total. The molecule has 31 heavy (non-hydrogen) atoms. The van der Waals surface area contributed by atoms with Gasteiger partial charge in [-0.1, -0.05) is 29.3 Å². The molecule has 0 fully saturated rings. The lowest BCUT2D eigenvalue weighted by Crippen LogP contribution is -2.17. The minimum Gasteiger partial charge on any atom is -0.457 e. The van der Waals surface area contributed by atoms with Crippen LogP contribution < -0.4 is 10.1 Å². The number of nitrogens with one attached hydrogen (secondary N) is 1. The maximum Gasteiger partial charge on any atom is 0.573 e. The second-order valence-corrected chi connectivity index (χ2v) is 6.81. The smallest absolute Gasteiger partial charge is 0.457 e. The first-order valence-corrected chi connectivity index (χ1v) is 9.25. The predicted molar refractivity (Wildman–Crippen MR) is 110 cm³/mol. The third-order valence-electron chi connectivity index (χ3n) is 3.83. The molecule has 0 unspecified atom stereocenters. The molecule has 1 amide bonds. The summed E-state index contributed by atoms with van der Waals surface area (Å²) in [6, 6.07) is 14.3. The van der Waals surface area contributed by atoms with Gasteiger partial charge in [0.05, 0.1) is 15.6 Å². The average molecular weight is 467 g/mol. The van der Waals surface area contributed by atoms with E-state index < -0.39 is 18.0 Å². The highest BCUT2D eigenvalue weighted by Crippen LogP contribution is 2.35. The van der Waals surface area contributed by atoms with Crippen molar-refractivity contribution >= 4 is 40.9 Å². The number of furan rings is 1. The maximum atomic E-state index is 12.3. The quantitative estimate of drug-likeness (QED) is 0.335. The number of halogens is 5. The summed E-state index contributed by atoms with van der Waals surface area (Å²) < 4.78 is 46.0. The summed E-state index contributed by atoms with van der Waals surface area (Å²) in [5, 5.41) is 12.5. The number of carbonyl (C=O) groups excluding carboxylic acids is 1. The number of nitrogens with zero attached hydrogens (tertiary/aromatic N) is 1. The largest absolute Gasteiger partial charge is 0.573 e. The van der Waals surface area contributed by atoms with Crippen LogP contribution in [0.3, 0.4) is 0 Å². The molecule has 158 valence electrons. The van der Waals surface area contributed by atoms with Gasteiger partial charge in [0.2, 0.25) is 0 Å². The number of amides is 1. The van der Waals surface area contributed by atoms with E-state index in [2.05, 4.69) is 10.1 Å². The molecule has 3 rings (SSSR count). The molecule has 0 bridgehead atoms. The van der Waals surface area contributed by atoms with Crippen LogP contribution in [0.1, 0.15) is 5.76 Å². The van der Waals surface area contributed by atoms with Gasteiger partial charge in [0.15, 0.2) is 0 Å². The monoisotopic (exact) mass is 466 g/mol. The SMILES string of the molecule is N#C/C(=C\c1ccc(-c2c(Cl)cccc2Cl)o1)C(=O)Nc1ccc(OC(F)(F)F)cc1. The lowest BCUT2D eigenvalue weighted by atomic mass is 10.2. The lowest BCUT2D eigenvalue weighted by Gasteiger charge is -2.09. The van der Waals surface area contributed by atoms with Gasteiger partial charge in [-0.05, 0) is 48.5 Å². The van der Waals surface area contributed by atoms with E-state index in [1.54, 1.807) is 30.3 Å². The molecule has 0 radical (unpaired) electrons. The number of alkyl halides is 3. The van der Waals surface area contributed by atoms with Gasteiger partial charge in [0.25, 0.3) is 5.91 Å². The van der Waals surface area contributed by atoms with Crippen molar-refractivity contribution in [1.82, 2.24) is 0 Å². The second kappa shape index (κ2) is 9.16. The van der Waals surface area contributed by atoms with Crippen LogP contribution in [0.5, 0.6) is 5.75 Å². The first kappa shape index (κ1) is 22.3. The Hall–Kier alpha value is -3.41. The van der Waals surface area contributed by atoms with Crippen LogP contribution in [-0.2, 0) is 4.79 Å². The number of carbonyl (C=O) groups is 1. The minimum absolute atomic E-state index is 0.170. The van der Waals surface area contributed by atoms with Crippen molar-refractivity contribution in [2.45, 2.75) is 6.36 Å². The summed E-state index contributed by atoms with van der Waals surface area (Å²) in [5.41, 5.74) is 0.347. The Labute approximate surface area is 184 Å². The van der Waals surface area contributed by atoms with Crippen LogP contribution in [0.2, 0.25) is 10.0 Å². The van der Waals surface area contributed by atoms with Gasteiger partial charge in [0.1, 0.15) is 28.9 Å². The number of ether oxygens (including phenoxy) is 1. The Morgan fingerprint density at radius 1 is 1.06 bits per heavy atom. The van der Waals surface area contributed by atoms with Crippen LogP contribution in [0, 0.1) is 11.3 Å². The third-order valence-corrected chi connectivity index (χ3v) is 4.46. The van der Waals surface area contributed by atoms with Crippen molar-refractivity contribution in [2.24, 2.45) is 0 Å². The first-order chi connectivity index (χ1) is 14.7. The molecule has 0 aliphatic carbocycles. The van der Waals surface area contributed by atoms with Crippen molar-refractivity contribution in [1.29, 1.82) is 5.26 Å². The number of hydrogen-bond acceptors (Lipinski definition) is 4. The fourth-order valence-corrected chi connectivity index (χ4v) is 3.11. The Bertz CT molecular complexity index is 1160. The number of nitriles is 1. The summed E-state index contributed by atoms with van der Waals surface area (Å²) in [7, 11) is 0. The minimum atomic E-state index is -4.82. The Morgan fingerprint density at radius 3 is 2.29 bits per heavy atom. The molecule has 0 atom stereocenters. The number of anilines is 1. The van der Waals surface area contributed by atoms with Crippen molar-refractivity contribution in [3.63, 3.8) is 0 Å². The van der Waals surface area contributed by atoms with Crippen molar-refractivity contribution in [2.75, 3.05) is 5.32 Å². The van der Waals surface area contributed by atoms with Gasteiger partial charge in [-0.15, -0.1) is 13.2 Å². The molecule has 0 saturated heterocycles. The molecule has 0 spiro atoms. The van der Waals surface area contributed by atoms with E-state index in [4.69, 9.17) is 27.6 Å². The molecule has 0 aliphatic rings. The molecule has 3 aromatic rings. The Kier molecular flexibility index (Phi) is 6.59.